The molecule has 54 heavy (non-hydrogen) atoms. The molecule has 2 aliphatic heterocycles. The van der Waals surface area contributed by atoms with Crippen LogP contribution >= 0.6 is 0 Å². The summed E-state index contributed by atoms with van der Waals surface area (Å²) in [6, 6.07) is 4.91. The largest absolute Gasteiger partial charge is 0.497 e. The number of benzene rings is 1. The fraction of sp³-hybridized carbons (Fsp3) is 0.605. The highest BCUT2D eigenvalue weighted by atomic mass is 32.2. The van der Waals surface area contributed by atoms with Gasteiger partial charge in [-0.15, -0.1) is 0 Å². The zero-order valence-electron chi connectivity index (χ0n) is 31.5. The number of rotatable bonds is 7. The molecule has 3 fully saturated rings. The van der Waals surface area contributed by atoms with Crippen molar-refractivity contribution in [2.45, 2.75) is 114 Å². The highest BCUT2D eigenvalue weighted by molar-refractivity contribution is 7.91. The van der Waals surface area contributed by atoms with Crippen LogP contribution in [0.1, 0.15) is 79.6 Å². The van der Waals surface area contributed by atoms with Gasteiger partial charge in [0, 0.05) is 36.8 Å². The van der Waals surface area contributed by atoms with Crippen LogP contribution in [0, 0.1) is 17.8 Å². The molecule has 2 aliphatic carbocycles. The van der Waals surface area contributed by atoms with Gasteiger partial charge in [0.2, 0.25) is 22.7 Å². The second-order valence-corrected chi connectivity index (χ2v) is 18.2. The van der Waals surface area contributed by atoms with Crippen LogP contribution in [-0.4, -0.2) is 90.1 Å². The van der Waals surface area contributed by atoms with Gasteiger partial charge < -0.3 is 29.7 Å². The molecule has 1 unspecified atom stereocenters. The van der Waals surface area contributed by atoms with Gasteiger partial charge in [0.15, 0.2) is 0 Å². The van der Waals surface area contributed by atoms with Crippen LogP contribution < -0.4 is 24.8 Å². The molecule has 4 amide bonds. The Hall–Kier alpha value is -4.47. The summed E-state index contributed by atoms with van der Waals surface area (Å²) in [5.74, 6) is -2.22. The summed E-state index contributed by atoms with van der Waals surface area (Å²) in [6.45, 7) is 8.98. The van der Waals surface area contributed by atoms with E-state index in [4.69, 9.17) is 14.2 Å². The number of aromatic nitrogens is 1. The number of allylic oxidation sites excluding steroid dienone is 1. The molecule has 16 heteroatoms. The van der Waals surface area contributed by atoms with Crippen LogP contribution in [0.25, 0.3) is 10.8 Å². The minimum absolute atomic E-state index is 0.0141. The Morgan fingerprint density at radius 2 is 1.85 bits per heavy atom. The second kappa shape index (κ2) is 14.6. The van der Waals surface area contributed by atoms with Crippen LogP contribution in [-0.2, 0) is 29.1 Å². The number of amides is 4. The van der Waals surface area contributed by atoms with Crippen LogP contribution in [0.15, 0.2) is 42.6 Å². The quantitative estimate of drug-likeness (QED) is 0.344. The number of sulfonamides is 1. The van der Waals surface area contributed by atoms with Crippen LogP contribution in [0.5, 0.6) is 11.6 Å². The second-order valence-electron chi connectivity index (χ2n) is 16.2. The molecule has 0 bridgehead atoms. The summed E-state index contributed by atoms with van der Waals surface area (Å²) in [5.41, 5.74) is -2.53. The lowest BCUT2D eigenvalue weighted by molar-refractivity contribution is -0.142. The van der Waals surface area contributed by atoms with Crippen molar-refractivity contribution >= 4 is 44.6 Å². The van der Waals surface area contributed by atoms with Gasteiger partial charge in [-0.1, -0.05) is 26.0 Å². The molecule has 14 nitrogen and oxygen atoms in total. The van der Waals surface area contributed by atoms with Crippen molar-refractivity contribution < 1.29 is 46.2 Å². The fourth-order valence-electron chi connectivity index (χ4n) is 7.43. The molecule has 4 aliphatic rings. The van der Waals surface area contributed by atoms with Crippen LogP contribution in [0.2, 0.25) is 0 Å². The van der Waals surface area contributed by atoms with Crippen molar-refractivity contribution in [2.24, 2.45) is 17.8 Å². The summed E-state index contributed by atoms with van der Waals surface area (Å²) < 4.78 is 59.5. The number of nitrogens with one attached hydrogen (secondary N) is 3. The third-order valence-corrected chi connectivity index (χ3v) is 12.5. The fourth-order valence-corrected chi connectivity index (χ4v) is 8.68. The smallest absolute Gasteiger partial charge is 0.408 e. The molecule has 6 rings (SSSR count). The average Bonchev–Trinajstić information content (AvgIpc) is 3.97. The van der Waals surface area contributed by atoms with E-state index in [1.165, 1.54) is 4.90 Å². The molecular formula is C38H50FN5O9S. The Morgan fingerprint density at radius 3 is 2.54 bits per heavy atom. The monoisotopic (exact) mass is 771 g/mol. The third kappa shape index (κ3) is 8.27. The lowest BCUT2D eigenvalue weighted by Gasteiger charge is -2.33. The van der Waals surface area contributed by atoms with E-state index < -0.39 is 74.1 Å². The lowest BCUT2D eigenvalue weighted by Crippen LogP contribution is -2.59. The number of fused-ring (bicyclic) bond motifs is 3. The maximum Gasteiger partial charge on any atom is 0.408 e. The molecule has 2 saturated carbocycles. The third-order valence-electron chi connectivity index (χ3n) is 10.7. The van der Waals surface area contributed by atoms with E-state index in [2.05, 4.69) is 15.6 Å². The Morgan fingerprint density at radius 1 is 1.11 bits per heavy atom. The van der Waals surface area contributed by atoms with Gasteiger partial charge in [-0.25, -0.2) is 27.3 Å². The van der Waals surface area contributed by atoms with Crippen molar-refractivity contribution in [1.29, 1.82) is 0 Å². The molecule has 2 aromatic rings. The van der Waals surface area contributed by atoms with E-state index in [1.807, 2.05) is 30.7 Å². The van der Waals surface area contributed by atoms with Gasteiger partial charge >= 0.3 is 6.09 Å². The molecule has 3 N–H and O–H groups in total. The van der Waals surface area contributed by atoms with Gasteiger partial charge in [0.25, 0.3) is 15.9 Å². The zero-order chi connectivity index (χ0) is 39.2. The van der Waals surface area contributed by atoms with Crippen molar-refractivity contribution in [3.63, 3.8) is 0 Å². The zero-order valence-corrected chi connectivity index (χ0v) is 32.3. The van der Waals surface area contributed by atoms with Crippen molar-refractivity contribution in [3.8, 4) is 11.6 Å². The molecule has 0 spiro atoms. The first kappa shape index (κ1) is 39.2. The maximum atomic E-state index is 14.8. The highest BCUT2D eigenvalue weighted by Gasteiger charge is 2.64. The molecular weight excluding hydrogens is 722 g/mol. The number of methoxy groups -OCH3 is 1. The van der Waals surface area contributed by atoms with E-state index in [1.54, 1.807) is 58.4 Å². The molecule has 0 radical (unpaired) electrons. The van der Waals surface area contributed by atoms with Crippen molar-refractivity contribution in [2.75, 3.05) is 13.7 Å². The Balaban J connectivity index is 1.35. The van der Waals surface area contributed by atoms with E-state index >= 15 is 0 Å². The predicted molar refractivity (Wildman–Crippen MR) is 196 cm³/mol. The maximum absolute atomic E-state index is 14.8. The first-order valence-electron chi connectivity index (χ1n) is 18.5. The first-order chi connectivity index (χ1) is 25.3. The number of ether oxygens (including phenoxy) is 3. The summed E-state index contributed by atoms with van der Waals surface area (Å²) in [7, 11) is -3.10. The summed E-state index contributed by atoms with van der Waals surface area (Å²) in [5, 5.41) is 4.49. The van der Waals surface area contributed by atoms with E-state index in [0.717, 1.165) is 11.8 Å². The van der Waals surface area contributed by atoms with Gasteiger partial charge in [-0.05, 0) is 87.9 Å². The van der Waals surface area contributed by atoms with E-state index in [0.29, 0.717) is 24.0 Å². The molecule has 294 valence electrons. The number of carbonyl (C=O) groups is 4. The van der Waals surface area contributed by atoms with Crippen molar-refractivity contribution in [1.82, 2.24) is 25.2 Å². The van der Waals surface area contributed by atoms with Gasteiger partial charge in [0.05, 0.1) is 13.7 Å². The minimum Gasteiger partial charge on any atom is -0.497 e. The predicted octanol–water partition coefficient (Wildman–Crippen LogP) is 4.28. The molecule has 1 aromatic heterocycles. The standard InChI is InChI=1S/C38H50FN5O9S/c1-22-9-7-8-10-25-20-38(25,34(47)43-54(49,50)37(39)14-15-37)42-31(45)29-19-27(52-32-28-12-11-26(51-6)18-24(28)13-16-40-32)21-44(29)33(46)30(23(2)17-22)41-35(48)53-36(3,4)5/h8,10-13,16,18,22-23,25,27,29-30H,7,9,14-15,17,19-21H2,1-6H3,(H,41,48)(H,42,45)(H,43,47)/b10-8-/t22-,23+,25?,27+,29-,30-,38+/m0/s1. The number of nitrogens with zero attached hydrogens (tertiary/aromatic N) is 2. The summed E-state index contributed by atoms with van der Waals surface area (Å²) >= 11 is 0. The Bertz CT molecular complexity index is 1950. The van der Waals surface area contributed by atoms with Gasteiger partial charge in [-0.2, -0.15) is 0 Å². The summed E-state index contributed by atoms with van der Waals surface area (Å²) in [6.07, 6.45) is 5.21. The van der Waals surface area contributed by atoms with Crippen LogP contribution in [0.4, 0.5) is 9.18 Å². The molecule has 1 aromatic carbocycles. The first-order valence-corrected chi connectivity index (χ1v) is 20.0. The molecule has 3 heterocycles. The lowest BCUT2D eigenvalue weighted by atomic mass is 9.88. The summed E-state index contributed by atoms with van der Waals surface area (Å²) in [4.78, 5) is 61.7. The van der Waals surface area contributed by atoms with Crippen LogP contribution in [0.3, 0.4) is 0 Å². The van der Waals surface area contributed by atoms with E-state index in [-0.39, 0.29) is 49.9 Å². The van der Waals surface area contributed by atoms with Crippen molar-refractivity contribution in [3.05, 3.63) is 42.6 Å². The normalized spacial score (nSPS) is 30.4. The van der Waals surface area contributed by atoms with Gasteiger partial charge in [-0.3, -0.25) is 14.4 Å². The average molecular weight is 772 g/mol. The minimum atomic E-state index is -4.66. The Labute approximate surface area is 315 Å². The van der Waals surface area contributed by atoms with E-state index in [9.17, 15) is 32.0 Å². The Kier molecular flexibility index (Phi) is 10.6. The number of alkyl halides is 1. The number of carbonyl (C=O) groups excluding carboxylic acids is 4. The molecule has 1 saturated heterocycles. The topological polar surface area (TPSA) is 182 Å². The highest BCUT2D eigenvalue weighted by Crippen LogP contribution is 2.48. The SMILES string of the molecule is COc1ccc2c(O[C@@H]3C[C@H]4C(=O)N[C@]5(C(=O)NS(=O)(=O)C6(F)CC6)CC5/C=C\CC[C@H](C)C[C@@H](C)[C@H](NC(=O)OC(C)(C)C)C(=O)N4C3)nccc2c1. The number of hydrogen-bond donors (Lipinski definition) is 3. The number of pyridine rings is 1. The number of halogens is 1. The number of alkyl carbamates (subject to hydrolysis) is 1. The number of hydrogen-bond acceptors (Lipinski definition) is 10. The van der Waals surface area contributed by atoms with Gasteiger partial charge in [0.1, 0.15) is 35.1 Å². The molecule has 7 atom stereocenters.